The van der Waals surface area contributed by atoms with Crippen LogP contribution in [-0.2, 0) is 16.1 Å². The van der Waals surface area contributed by atoms with Gasteiger partial charge in [-0.15, -0.1) is 11.8 Å². The van der Waals surface area contributed by atoms with Crippen molar-refractivity contribution in [1.82, 2.24) is 9.78 Å². The zero-order chi connectivity index (χ0) is 24.6. The van der Waals surface area contributed by atoms with Crippen molar-refractivity contribution in [2.24, 2.45) is 11.8 Å². The number of hydrogen-bond donors (Lipinski definition) is 2. The van der Waals surface area contributed by atoms with E-state index in [1.165, 1.54) is 23.9 Å². The third-order valence-corrected chi connectivity index (χ3v) is 7.35. The molecule has 1 heterocycles. The number of nitrogens with zero attached hydrogens (tertiary/aromatic N) is 2. The minimum absolute atomic E-state index is 0.0611. The third-order valence-electron chi connectivity index (χ3n) is 6.41. The number of carbonyl (C=O) groups is 1. The SMILES string of the molecule is O=C(O)COC[C@H]1CC[C@@H](Cn2nc(SCCO)c(-c3ccccc3)c2-c2ccc(F)cc2)CC1. The molecular formula is C27H31FN2O4S. The standard InChI is InChI=1S/C27H31FN2O4S/c28-23-12-10-22(11-13-23)26-25(21-4-2-1-3-5-21)27(35-15-14-31)29-30(26)16-19-6-8-20(9-7-19)17-34-18-24(32)33/h1-5,10-13,19-20,31H,6-9,14-18H2,(H,32,33)/t19-,20+. The molecule has 1 aliphatic carbocycles. The topological polar surface area (TPSA) is 84.6 Å². The van der Waals surface area contributed by atoms with E-state index in [1.54, 1.807) is 12.1 Å². The molecule has 0 aliphatic heterocycles. The van der Waals surface area contributed by atoms with E-state index in [-0.39, 0.29) is 19.0 Å². The Kier molecular flexibility index (Phi) is 8.95. The molecule has 0 amide bonds. The molecule has 1 aromatic heterocycles. The van der Waals surface area contributed by atoms with Crippen molar-refractivity contribution in [2.45, 2.75) is 37.3 Å². The second kappa shape index (κ2) is 12.3. The molecule has 4 rings (SSSR count). The average molecular weight is 499 g/mol. The van der Waals surface area contributed by atoms with Crippen molar-refractivity contribution in [3.8, 4) is 22.4 Å². The smallest absolute Gasteiger partial charge is 0.329 e. The lowest BCUT2D eigenvalue weighted by molar-refractivity contribution is -0.142. The molecule has 35 heavy (non-hydrogen) atoms. The van der Waals surface area contributed by atoms with Gasteiger partial charge in [0.25, 0.3) is 0 Å². The van der Waals surface area contributed by atoms with Crippen molar-refractivity contribution in [3.05, 3.63) is 60.4 Å². The molecule has 1 fully saturated rings. The summed E-state index contributed by atoms with van der Waals surface area (Å²) < 4.78 is 21.1. The number of rotatable bonds is 11. The number of ether oxygens (including phenoxy) is 1. The second-order valence-electron chi connectivity index (χ2n) is 8.95. The first kappa shape index (κ1) is 25.4. The number of aromatic nitrogens is 2. The number of halogens is 1. The monoisotopic (exact) mass is 498 g/mol. The van der Waals surface area contributed by atoms with Gasteiger partial charge in [0.2, 0.25) is 0 Å². The summed E-state index contributed by atoms with van der Waals surface area (Å²) in [4.78, 5) is 10.7. The maximum Gasteiger partial charge on any atom is 0.329 e. The van der Waals surface area contributed by atoms with E-state index in [2.05, 4.69) is 16.8 Å². The van der Waals surface area contributed by atoms with Crippen molar-refractivity contribution in [3.63, 3.8) is 0 Å². The number of aliphatic carboxylic acids is 1. The van der Waals surface area contributed by atoms with E-state index < -0.39 is 5.97 Å². The normalized spacial score (nSPS) is 18.0. The average Bonchev–Trinajstić information content (AvgIpc) is 3.22. The highest BCUT2D eigenvalue weighted by atomic mass is 32.2. The van der Waals surface area contributed by atoms with E-state index in [4.69, 9.17) is 14.9 Å². The van der Waals surface area contributed by atoms with E-state index in [1.807, 2.05) is 18.2 Å². The minimum Gasteiger partial charge on any atom is -0.480 e. The Hall–Kier alpha value is -2.68. The summed E-state index contributed by atoms with van der Waals surface area (Å²) >= 11 is 1.53. The summed E-state index contributed by atoms with van der Waals surface area (Å²) in [6, 6.07) is 16.6. The number of carboxylic acid groups (broad SMARTS) is 1. The lowest BCUT2D eigenvalue weighted by Crippen LogP contribution is -2.23. The fourth-order valence-corrected chi connectivity index (χ4v) is 5.52. The van der Waals surface area contributed by atoms with E-state index in [0.717, 1.165) is 59.6 Å². The van der Waals surface area contributed by atoms with Crippen LogP contribution in [0.15, 0.2) is 59.6 Å². The molecule has 6 nitrogen and oxygen atoms in total. The number of benzene rings is 2. The van der Waals surface area contributed by atoms with E-state index in [9.17, 15) is 14.3 Å². The molecule has 0 radical (unpaired) electrons. The second-order valence-corrected chi connectivity index (χ2v) is 10.0. The molecule has 0 unspecified atom stereocenters. The molecule has 2 aromatic carbocycles. The highest BCUT2D eigenvalue weighted by Gasteiger charge is 2.26. The number of aliphatic hydroxyl groups is 1. The summed E-state index contributed by atoms with van der Waals surface area (Å²) in [5.41, 5.74) is 3.91. The van der Waals surface area contributed by atoms with Gasteiger partial charge in [-0.3, -0.25) is 4.68 Å². The number of thioether (sulfide) groups is 1. The van der Waals surface area contributed by atoms with Crippen LogP contribution in [-0.4, -0.2) is 51.5 Å². The predicted molar refractivity (Wildman–Crippen MR) is 135 cm³/mol. The third kappa shape index (κ3) is 6.72. The van der Waals surface area contributed by atoms with Crippen LogP contribution in [0.25, 0.3) is 22.4 Å². The lowest BCUT2D eigenvalue weighted by atomic mass is 9.82. The summed E-state index contributed by atoms with van der Waals surface area (Å²) in [6.07, 6.45) is 4.03. The maximum atomic E-state index is 13.7. The van der Waals surface area contributed by atoms with Crippen molar-refractivity contribution < 1.29 is 24.1 Å². The molecule has 186 valence electrons. The summed E-state index contributed by atoms with van der Waals surface area (Å²) in [5.74, 6) is 0.148. The first-order valence-electron chi connectivity index (χ1n) is 12.0. The van der Waals surface area contributed by atoms with Crippen LogP contribution in [0.5, 0.6) is 0 Å². The lowest BCUT2D eigenvalue weighted by Gasteiger charge is -2.28. The van der Waals surface area contributed by atoms with Crippen molar-refractivity contribution in [1.29, 1.82) is 0 Å². The van der Waals surface area contributed by atoms with E-state index in [0.29, 0.717) is 24.2 Å². The maximum absolute atomic E-state index is 13.7. The Morgan fingerprint density at radius 2 is 1.71 bits per heavy atom. The van der Waals surface area contributed by atoms with Crippen molar-refractivity contribution >= 4 is 17.7 Å². The molecule has 8 heteroatoms. The van der Waals surface area contributed by atoms with Gasteiger partial charge in [-0.2, -0.15) is 5.10 Å². The van der Waals surface area contributed by atoms with Crippen LogP contribution in [0.3, 0.4) is 0 Å². The van der Waals surface area contributed by atoms with Crippen LogP contribution in [0, 0.1) is 17.7 Å². The largest absolute Gasteiger partial charge is 0.480 e. The Bertz CT molecular complexity index is 1100. The summed E-state index contributed by atoms with van der Waals surface area (Å²) in [5, 5.41) is 24.1. The first-order chi connectivity index (χ1) is 17.0. The van der Waals surface area contributed by atoms with Gasteiger partial charge < -0.3 is 14.9 Å². The Balaban J connectivity index is 1.61. The van der Waals surface area contributed by atoms with Gasteiger partial charge in [0.05, 0.1) is 18.9 Å². The highest BCUT2D eigenvalue weighted by molar-refractivity contribution is 7.99. The Morgan fingerprint density at radius 3 is 2.37 bits per heavy atom. The minimum atomic E-state index is -0.935. The quantitative estimate of drug-likeness (QED) is 0.347. The van der Waals surface area contributed by atoms with Gasteiger partial charge >= 0.3 is 5.97 Å². The van der Waals surface area contributed by atoms with Gasteiger partial charge in [-0.1, -0.05) is 30.3 Å². The van der Waals surface area contributed by atoms with Gasteiger partial charge in [0.1, 0.15) is 17.5 Å². The molecule has 1 saturated carbocycles. The van der Waals surface area contributed by atoms with Crippen LogP contribution in [0.4, 0.5) is 4.39 Å². The van der Waals surface area contributed by atoms with Gasteiger partial charge in [-0.25, -0.2) is 9.18 Å². The molecule has 0 bridgehead atoms. The first-order valence-corrected chi connectivity index (χ1v) is 13.0. The molecular weight excluding hydrogens is 467 g/mol. The molecule has 0 saturated heterocycles. The predicted octanol–water partition coefficient (Wildman–Crippen LogP) is 5.35. The zero-order valence-electron chi connectivity index (χ0n) is 19.6. The summed E-state index contributed by atoms with van der Waals surface area (Å²) in [7, 11) is 0. The van der Waals surface area contributed by atoms with E-state index >= 15 is 0 Å². The number of carboxylic acids is 1. The van der Waals surface area contributed by atoms with Gasteiger partial charge in [0, 0.05) is 23.4 Å². The van der Waals surface area contributed by atoms with Crippen molar-refractivity contribution in [2.75, 3.05) is 25.6 Å². The Morgan fingerprint density at radius 1 is 1.03 bits per heavy atom. The van der Waals surface area contributed by atoms with Crippen LogP contribution in [0.2, 0.25) is 0 Å². The zero-order valence-corrected chi connectivity index (χ0v) is 20.4. The van der Waals surface area contributed by atoms with Crippen LogP contribution >= 0.6 is 11.8 Å². The Labute approximate surface area is 209 Å². The highest BCUT2D eigenvalue weighted by Crippen LogP contribution is 2.41. The van der Waals surface area contributed by atoms with Crippen LogP contribution in [0.1, 0.15) is 25.7 Å². The molecule has 0 atom stereocenters. The van der Waals surface area contributed by atoms with Crippen LogP contribution < -0.4 is 0 Å². The molecule has 3 aromatic rings. The van der Waals surface area contributed by atoms with Gasteiger partial charge in [-0.05, 0) is 67.3 Å². The fraction of sp³-hybridized carbons (Fsp3) is 0.407. The molecule has 0 spiro atoms. The summed E-state index contributed by atoms with van der Waals surface area (Å²) in [6.45, 7) is 1.05. The number of aliphatic hydroxyl groups excluding tert-OH is 1. The molecule has 2 N–H and O–H groups in total. The number of hydrogen-bond acceptors (Lipinski definition) is 5. The molecule has 1 aliphatic rings. The van der Waals surface area contributed by atoms with Gasteiger partial charge in [0.15, 0.2) is 0 Å². The fourth-order valence-electron chi connectivity index (χ4n) is 4.72.